The van der Waals surface area contributed by atoms with E-state index in [2.05, 4.69) is 16.0 Å². The van der Waals surface area contributed by atoms with E-state index in [-0.39, 0.29) is 11.9 Å². The van der Waals surface area contributed by atoms with E-state index >= 15 is 0 Å². The van der Waals surface area contributed by atoms with Gasteiger partial charge in [-0.25, -0.2) is 0 Å². The van der Waals surface area contributed by atoms with Crippen LogP contribution in [0, 0.1) is 0 Å². The number of benzene rings is 1. The molecule has 30 heavy (non-hydrogen) atoms. The fraction of sp³-hybridized carbons (Fsp3) is 0.348. The molecule has 1 fully saturated rings. The number of thiophene rings is 1. The van der Waals surface area contributed by atoms with Gasteiger partial charge in [-0.3, -0.25) is 14.4 Å². The lowest BCUT2D eigenvalue weighted by atomic mass is 9.95. The number of carbonyl (C=O) groups is 1. The van der Waals surface area contributed by atoms with Gasteiger partial charge in [0.15, 0.2) is 0 Å². The predicted octanol–water partition coefficient (Wildman–Crippen LogP) is 3.63. The highest BCUT2D eigenvalue weighted by atomic mass is 32.1. The van der Waals surface area contributed by atoms with Crippen molar-refractivity contribution in [3.8, 4) is 0 Å². The maximum atomic E-state index is 12.3. The van der Waals surface area contributed by atoms with Crippen molar-refractivity contribution < 1.29 is 4.79 Å². The Hall–Kier alpha value is -2.93. The number of anilines is 2. The lowest BCUT2D eigenvalue weighted by molar-refractivity contribution is 0.0951. The Balaban J connectivity index is 1.32. The van der Waals surface area contributed by atoms with E-state index in [0.717, 1.165) is 36.1 Å². The molecule has 1 aliphatic carbocycles. The van der Waals surface area contributed by atoms with Crippen molar-refractivity contribution in [1.82, 2.24) is 5.32 Å². The maximum absolute atomic E-state index is 12.3. The van der Waals surface area contributed by atoms with Crippen molar-refractivity contribution in [3.05, 3.63) is 78.2 Å². The average Bonchev–Trinajstić information content (AvgIpc) is 3.31. The molecule has 0 atom stereocenters. The van der Waals surface area contributed by atoms with E-state index < -0.39 is 10.9 Å². The molecule has 2 aromatic carbocycles. The van der Waals surface area contributed by atoms with Crippen molar-refractivity contribution in [2.75, 3.05) is 10.6 Å². The first-order valence-corrected chi connectivity index (χ1v) is 11.2. The van der Waals surface area contributed by atoms with Crippen LogP contribution in [0.4, 0.5) is 11.4 Å². The summed E-state index contributed by atoms with van der Waals surface area (Å²) in [5.74, 6) is -0.121. The minimum Gasteiger partial charge on any atom is -0.377 e. The van der Waals surface area contributed by atoms with E-state index in [1.54, 1.807) is 23.5 Å². The van der Waals surface area contributed by atoms with Crippen molar-refractivity contribution in [1.29, 1.82) is 0 Å². The zero-order valence-electron chi connectivity index (χ0n) is 16.7. The fourth-order valence-electron chi connectivity index (χ4n) is 3.80. The monoisotopic (exact) mass is 423 g/mol. The summed E-state index contributed by atoms with van der Waals surface area (Å²) in [7, 11) is 0. The van der Waals surface area contributed by atoms with Crippen LogP contribution in [-0.4, -0.2) is 11.9 Å². The molecule has 1 saturated carbocycles. The smallest absolute Gasteiger partial charge is 0.253 e. The van der Waals surface area contributed by atoms with Crippen LogP contribution in [0.25, 0.3) is 0 Å². The largest absolute Gasteiger partial charge is 0.377 e. The summed E-state index contributed by atoms with van der Waals surface area (Å²) in [6.07, 6.45) is 5.62. The standard InChI is InChI=1S/C23H25N3O3S/c27-21-19(20(22(21)28)26-17-5-2-1-3-6-17)24-13-15-8-10-16(11-9-15)23(29)25-14-18-7-4-12-30-18/h4,7-12,17,24,26H,1-3,5-6,13-14H2,(H,25,29). The van der Waals surface area contributed by atoms with Gasteiger partial charge in [0.25, 0.3) is 16.8 Å². The molecular weight excluding hydrogens is 398 g/mol. The SMILES string of the molecule is O=C(NCc1cccs1)c1ccc(CNc2c(NC3CCCCC3)c(=O)c2=O)cc1. The molecule has 7 heteroatoms. The first-order valence-electron chi connectivity index (χ1n) is 10.3. The Labute approximate surface area is 179 Å². The molecule has 0 aliphatic heterocycles. The molecule has 6 nitrogen and oxygen atoms in total. The van der Waals surface area contributed by atoms with Crippen molar-refractivity contribution >= 4 is 28.6 Å². The van der Waals surface area contributed by atoms with Gasteiger partial charge >= 0.3 is 0 Å². The molecule has 0 saturated heterocycles. The molecule has 0 spiro atoms. The van der Waals surface area contributed by atoms with Gasteiger partial charge < -0.3 is 16.0 Å². The fourth-order valence-corrected chi connectivity index (χ4v) is 4.44. The van der Waals surface area contributed by atoms with Gasteiger partial charge in [-0.2, -0.15) is 0 Å². The zero-order valence-corrected chi connectivity index (χ0v) is 17.5. The molecule has 156 valence electrons. The first-order chi connectivity index (χ1) is 14.6. The molecular formula is C23H25N3O3S. The van der Waals surface area contributed by atoms with Crippen molar-refractivity contribution in [2.45, 2.75) is 51.2 Å². The van der Waals surface area contributed by atoms with Gasteiger partial charge in [-0.15, -0.1) is 11.3 Å². The molecule has 3 aromatic rings. The minimum atomic E-state index is -0.460. The highest BCUT2D eigenvalue weighted by molar-refractivity contribution is 7.09. The van der Waals surface area contributed by atoms with E-state index in [4.69, 9.17) is 0 Å². The molecule has 0 radical (unpaired) electrons. The number of amides is 1. The van der Waals surface area contributed by atoms with E-state index in [9.17, 15) is 14.4 Å². The Morgan fingerprint density at radius 1 is 0.933 bits per heavy atom. The maximum Gasteiger partial charge on any atom is 0.253 e. The molecule has 3 N–H and O–H groups in total. The Morgan fingerprint density at radius 3 is 2.37 bits per heavy atom. The van der Waals surface area contributed by atoms with Crippen LogP contribution in [0.5, 0.6) is 0 Å². The van der Waals surface area contributed by atoms with E-state index in [1.807, 2.05) is 29.6 Å². The second kappa shape index (κ2) is 9.26. The number of carbonyl (C=O) groups excluding carboxylic acids is 1. The van der Waals surface area contributed by atoms with Crippen LogP contribution in [0.3, 0.4) is 0 Å². The van der Waals surface area contributed by atoms with Gasteiger partial charge in [-0.1, -0.05) is 37.5 Å². The Kier molecular flexibility index (Phi) is 6.28. The Bertz CT molecular complexity index is 1060. The molecule has 1 amide bonds. The molecule has 0 unspecified atom stereocenters. The normalized spacial score (nSPS) is 14.5. The molecule has 0 bridgehead atoms. The summed E-state index contributed by atoms with van der Waals surface area (Å²) in [6, 6.07) is 11.5. The van der Waals surface area contributed by atoms with Gasteiger partial charge in [0.05, 0.1) is 6.54 Å². The summed E-state index contributed by atoms with van der Waals surface area (Å²) in [4.78, 5) is 37.3. The minimum absolute atomic E-state index is 0.121. The molecule has 4 rings (SSSR count). The molecule has 1 aliphatic rings. The van der Waals surface area contributed by atoms with Gasteiger partial charge in [0.2, 0.25) is 0 Å². The number of hydrogen-bond acceptors (Lipinski definition) is 6. The van der Waals surface area contributed by atoms with Crippen LogP contribution in [-0.2, 0) is 13.1 Å². The number of nitrogens with one attached hydrogen (secondary N) is 3. The number of rotatable bonds is 8. The third-order valence-corrected chi connectivity index (χ3v) is 6.43. The third kappa shape index (κ3) is 4.62. The molecule has 1 aromatic heterocycles. The molecule has 1 heterocycles. The summed E-state index contributed by atoms with van der Waals surface area (Å²) in [5.41, 5.74) is 1.43. The Morgan fingerprint density at radius 2 is 1.67 bits per heavy atom. The van der Waals surface area contributed by atoms with Crippen LogP contribution in [0.15, 0.2) is 51.4 Å². The van der Waals surface area contributed by atoms with Gasteiger partial charge in [-0.05, 0) is 42.0 Å². The lowest BCUT2D eigenvalue weighted by Gasteiger charge is -2.25. The summed E-state index contributed by atoms with van der Waals surface area (Å²) < 4.78 is 0. The van der Waals surface area contributed by atoms with Crippen LogP contribution >= 0.6 is 11.3 Å². The average molecular weight is 424 g/mol. The van der Waals surface area contributed by atoms with Gasteiger partial charge in [0.1, 0.15) is 11.4 Å². The number of hydrogen-bond donors (Lipinski definition) is 3. The highest BCUT2D eigenvalue weighted by Crippen LogP contribution is 2.24. The highest BCUT2D eigenvalue weighted by Gasteiger charge is 2.24. The van der Waals surface area contributed by atoms with Crippen LogP contribution in [0.2, 0.25) is 0 Å². The zero-order chi connectivity index (χ0) is 20.9. The summed E-state index contributed by atoms with van der Waals surface area (Å²) in [5, 5.41) is 11.2. The van der Waals surface area contributed by atoms with Crippen molar-refractivity contribution in [3.63, 3.8) is 0 Å². The quantitative estimate of drug-likeness (QED) is 0.482. The van der Waals surface area contributed by atoms with E-state index in [0.29, 0.717) is 30.0 Å². The third-order valence-electron chi connectivity index (χ3n) is 5.55. The summed E-state index contributed by atoms with van der Waals surface area (Å²) in [6.45, 7) is 0.933. The predicted molar refractivity (Wildman–Crippen MR) is 121 cm³/mol. The topological polar surface area (TPSA) is 87.3 Å². The second-order valence-corrected chi connectivity index (χ2v) is 8.73. The van der Waals surface area contributed by atoms with E-state index in [1.165, 1.54) is 6.42 Å². The lowest BCUT2D eigenvalue weighted by Crippen LogP contribution is -2.40. The summed E-state index contributed by atoms with van der Waals surface area (Å²) >= 11 is 1.61. The van der Waals surface area contributed by atoms with Crippen LogP contribution in [0.1, 0.15) is 52.9 Å². The second-order valence-electron chi connectivity index (χ2n) is 7.70. The first kappa shape index (κ1) is 20.3. The van der Waals surface area contributed by atoms with Crippen molar-refractivity contribution in [2.24, 2.45) is 0 Å². The van der Waals surface area contributed by atoms with Crippen LogP contribution < -0.4 is 26.8 Å². The van der Waals surface area contributed by atoms with Gasteiger partial charge in [0, 0.05) is 23.0 Å².